The van der Waals surface area contributed by atoms with Gasteiger partial charge in [0.15, 0.2) is 11.6 Å². The molecule has 0 bridgehead atoms. The molecule has 0 aromatic carbocycles. The van der Waals surface area contributed by atoms with Crippen molar-refractivity contribution in [3.05, 3.63) is 55.2 Å². The van der Waals surface area contributed by atoms with Crippen molar-refractivity contribution in [1.82, 2.24) is 25.0 Å². The van der Waals surface area contributed by atoms with Crippen LogP contribution in [0.1, 0.15) is 0 Å². The maximum atomic E-state index is 5.48. The lowest BCUT2D eigenvalue weighted by molar-refractivity contribution is 0.614. The van der Waals surface area contributed by atoms with Gasteiger partial charge in [-0.15, -0.1) is 10.2 Å². The molecule has 130 valence electrons. The number of furan rings is 1. The highest BCUT2D eigenvalue weighted by atomic mass is 16.3. The molecule has 1 aliphatic heterocycles. The summed E-state index contributed by atoms with van der Waals surface area (Å²) in [5.74, 6) is 2.58. The van der Waals surface area contributed by atoms with Crippen LogP contribution >= 0.6 is 0 Å². The number of piperazine rings is 1. The molecule has 1 saturated heterocycles. The van der Waals surface area contributed by atoms with Gasteiger partial charge in [0, 0.05) is 44.8 Å². The summed E-state index contributed by atoms with van der Waals surface area (Å²) in [7, 11) is 0. The van der Waals surface area contributed by atoms with Gasteiger partial charge in [0.25, 0.3) is 0 Å². The molecule has 1 fully saturated rings. The standard InChI is InChI=1S/C18H17N7O/c1-6-20-25(8-1)17-3-2-16(21-22-17)23-9-11-24(12-10-23)18-14-5-13-26-15(14)4-7-19-18/h1-8,13H,9-12H2. The minimum Gasteiger partial charge on any atom is -0.464 e. The van der Waals surface area contributed by atoms with Crippen LogP contribution in [0.3, 0.4) is 0 Å². The Bertz CT molecular complexity index is 1000. The minimum absolute atomic E-state index is 0.716. The second kappa shape index (κ2) is 6.14. The third-order valence-electron chi connectivity index (χ3n) is 4.64. The van der Waals surface area contributed by atoms with Gasteiger partial charge in [-0.3, -0.25) is 0 Å². The zero-order valence-electron chi connectivity index (χ0n) is 14.1. The van der Waals surface area contributed by atoms with Gasteiger partial charge in [-0.2, -0.15) is 5.10 Å². The van der Waals surface area contributed by atoms with Crippen LogP contribution in [0.4, 0.5) is 11.6 Å². The van der Waals surface area contributed by atoms with E-state index in [1.54, 1.807) is 23.3 Å². The van der Waals surface area contributed by atoms with Crippen molar-refractivity contribution in [2.75, 3.05) is 36.0 Å². The van der Waals surface area contributed by atoms with Gasteiger partial charge in [0.2, 0.25) is 0 Å². The Kier molecular flexibility index (Phi) is 3.52. The molecule has 5 rings (SSSR count). The van der Waals surface area contributed by atoms with Gasteiger partial charge in [-0.25, -0.2) is 9.67 Å². The van der Waals surface area contributed by atoms with Crippen molar-refractivity contribution in [1.29, 1.82) is 0 Å². The fourth-order valence-electron chi connectivity index (χ4n) is 3.29. The van der Waals surface area contributed by atoms with Gasteiger partial charge in [-0.1, -0.05) is 0 Å². The number of pyridine rings is 1. The zero-order chi connectivity index (χ0) is 17.3. The number of hydrogen-bond donors (Lipinski definition) is 0. The molecule has 0 N–H and O–H groups in total. The molecule has 26 heavy (non-hydrogen) atoms. The first-order valence-electron chi connectivity index (χ1n) is 8.54. The van der Waals surface area contributed by atoms with Crippen LogP contribution in [0, 0.1) is 0 Å². The summed E-state index contributed by atoms with van der Waals surface area (Å²) in [4.78, 5) is 9.08. The number of hydrogen-bond acceptors (Lipinski definition) is 7. The van der Waals surface area contributed by atoms with Gasteiger partial charge in [-0.05, 0) is 30.3 Å². The van der Waals surface area contributed by atoms with Crippen molar-refractivity contribution < 1.29 is 4.42 Å². The lowest BCUT2D eigenvalue weighted by Gasteiger charge is -2.36. The van der Waals surface area contributed by atoms with Crippen LogP contribution in [0.15, 0.2) is 59.6 Å². The van der Waals surface area contributed by atoms with Crippen LogP contribution in [0.25, 0.3) is 16.8 Å². The molecular weight excluding hydrogens is 330 g/mol. The first kappa shape index (κ1) is 14.9. The molecule has 0 radical (unpaired) electrons. The quantitative estimate of drug-likeness (QED) is 0.562. The molecule has 4 aromatic rings. The molecule has 5 heterocycles. The highest BCUT2D eigenvalue weighted by Crippen LogP contribution is 2.26. The maximum absolute atomic E-state index is 5.48. The molecular formula is C18H17N7O. The van der Waals surface area contributed by atoms with E-state index in [2.05, 4.69) is 30.1 Å². The number of nitrogens with zero attached hydrogens (tertiary/aromatic N) is 7. The normalized spacial score (nSPS) is 14.9. The van der Waals surface area contributed by atoms with Gasteiger partial charge in [0.1, 0.15) is 11.4 Å². The van der Waals surface area contributed by atoms with E-state index in [0.29, 0.717) is 5.82 Å². The van der Waals surface area contributed by atoms with Crippen molar-refractivity contribution in [2.45, 2.75) is 0 Å². The number of aromatic nitrogens is 5. The van der Waals surface area contributed by atoms with E-state index < -0.39 is 0 Å². The van der Waals surface area contributed by atoms with E-state index >= 15 is 0 Å². The van der Waals surface area contributed by atoms with Crippen molar-refractivity contribution in [2.24, 2.45) is 0 Å². The lowest BCUT2D eigenvalue weighted by Crippen LogP contribution is -2.47. The summed E-state index contributed by atoms with van der Waals surface area (Å²) in [6.07, 6.45) is 7.09. The second-order valence-corrected chi connectivity index (χ2v) is 6.14. The summed E-state index contributed by atoms with van der Waals surface area (Å²) >= 11 is 0. The number of rotatable bonds is 3. The molecule has 8 nitrogen and oxygen atoms in total. The second-order valence-electron chi connectivity index (χ2n) is 6.14. The third kappa shape index (κ3) is 2.55. The van der Waals surface area contributed by atoms with E-state index in [-0.39, 0.29) is 0 Å². The van der Waals surface area contributed by atoms with Crippen molar-refractivity contribution >= 4 is 22.6 Å². The summed E-state index contributed by atoms with van der Waals surface area (Å²) in [5.41, 5.74) is 0.873. The maximum Gasteiger partial charge on any atom is 0.175 e. The van der Waals surface area contributed by atoms with E-state index in [9.17, 15) is 0 Å². The first-order chi connectivity index (χ1) is 12.9. The van der Waals surface area contributed by atoms with Crippen LogP contribution in [-0.4, -0.2) is 51.1 Å². The zero-order valence-corrected chi connectivity index (χ0v) is 14.1. The van der Waals surface area contributed by atoms with Crippen LogP contribution in [0.5, 0.6) is 0 Å². The molecule has 0 atom stereocenters. The van der Waals surface area contributed by atoms with E-state index in [4.69, 9.17) is 4.42 Å². The minimum atomic E-state index is 0.716. The lowest BCUT2D eigenvalue weighted by atomic mass is 10.2. The molecule has 0 aliphatic carbocycles. The summed E-state index contributed by atoms with van der Waals surface area (Å²) < 4.78 is 7.18. The first-order valence-corrected chi connectivity index (χ1v) is 8.54. The predicted molar refractivity (Wildman–Crippen MR) is 97.6 cm³/mol. The van der Waals surface area contributed by atoms with Crippen LogP contribution in [-0.2, 0) is 0 Å². The number of anilines is 2. The van der Waals surface area contributed by atoms with Gasteiger partial charge in [0.05, 0.1) is 11.6 Å². The summed E-state index contributed by atoms with van der Waals surface area (Å²) in [6.45, 7) is 3.48. The van der Waals surface area contributed by atoms with E-state index in [1.165, 1.54) is 0 Å². The molecule has 0 amide bonds. The largest absolute Gasteiger partial charge is 0.464 e. The molecule has 0 spiro atoms. The summed E-state index contributed by atoms with van der Waals surface area (Å²) in [6, 6.07) is 9.67. The predicted octanol–water partition coefficient (Wildman–Crippen LogP) is 2.13. The molecule has 0 saturated carbocycles. The molecule has 8 heteroatoms. The Labute approximate surface area is 149 Å². The van der Waals surface area contributed by atoms with Crippen LogP contribution in [0.2, 0.25) is 0 Å². The van der Waals surface area contributed by atoms with Crippen LogP contribution < -0.4 is 9.80 Å². The topological polar surface area (TPSA) is 76.1 Å². The molecule has 0 unspecified atom stereocenters. The summed E-state index contributed by atoms with van der Waals surface area (Å²) in [5, 5.41) is 13.9. The highest BCUT2D eigenvalue weighted by molar-refractivity contribution is 5.88. The Morgan fingerprint density at radius 3 is 2.42 bits per heavy atom. The fraction of sp³-hybridized carbons (Fsp3) is 0.222. The van der Waals surface area contributed by atoms with Crippen molar-refractivity contribution in [3.8, 4) is 5.82 Å². The van der Waals surface area contributed by atoms with E-state index in [1.807, 2.05) is 36.5 Å². The Morgan fingerprint density at radius 2 is 1.65 bits per heavy atom. The SMILES string of the molecule is c1cnn(-c2ccc(N3CCN(c4nccc5occc45)CC3)nn2)c1. The average Bonchev–Trinajstić information content (AvgIpc) is 3.40. The van der Waals surface area contributed by atoms with Gasteiger partial charge < -0.3 is 14.2 Å². The smallest absolute Gasteiger partial charge is 0.175 e. The Hall–Kier alpha value is -3.42. The molecule has 1 aliphatic rings. The van der Waals surface area contributed by atoms with Gasteiger partial charge >= 0.3 is 0 Å². The third-order valence-corrected chi connectivity index (χ3v) is 4.64. The Morgan fingerprint density at radius 1 is 0.846 bits per heavy atom. The molecule has 4 aromatic heterocycles. The highest BCUT2D eigenvalue weighted by Gasteiger charge is 2.21. The van der Waals surface area contributed by atoms with Crippen molar-refractivity contribution in [3.63, 3.8) is 0 Å². The van der Waals surface area contributed by atoms with E-state index in [0.717, 1.165) is 48.8 Å². The monoisotopic (exact) mass is 347 g/mol. The average molecular weight is 347 g/mol. The fourth-order valence-corrected chi connectivity index (χ4v) is 3.29. The Balaban J connectivity index is 1.30. The number of fused-ring (bicyclic) bond motifs is 1.